The average molecular weight is 377 g/mol. The van der Waals surface area contributed by atoms with Crippen LogP contribution in [0.3, 0.4) is 0 Å². The van der Waals surface area contributed by atoms with Gasteiger partial charge in [0.15, 0.2) is 5.16 Å². The second kappa shape index (κ2) is 6.84. The van der Waals surface area contributed by atoms with Crippen molar-refractivity contribution in [1.29, 1.82) is 0 Å². The number of nitro groups is 1. The minimum absolute atomic E-state index is 0.107. The highest BCUT2D eigenvalue weighted by atomic mass is 32.2. The van der Waals surface area contributed by atoms with Crippen LogP contribution in [0.25, 0.3) is 11.0 Å². The Bertz CT molecular complexity index is 1130. The maximum atomic E-state index is 11.6. The zero-order valence-corrected chi connectivity index (χ0v) is 14.0. The summed E-state index contributed by atoms with van der Waals surface area (Å²) in [7, 11) is 0. The molecule has 0 spiro atoms. The number of aromatic nitrogens is 4. The van der Waals surface area contributed by atoms with Crippen molar-refractivity contribution in [3.05, 3.63) is 54.8 Å². The Morgan fingerprint density at radius 2 is 1.88 bits per heavy atom. The Labute approximate surface area is 148 Å². The summed E-state index contributed by atoms with van der Waals surface area (Å²) in [5, 5.41) is 11.6. The van der Waals surface area contributed by atoms with Crippen LogP contribution in [0, 0.1) is 10.1 Å². The minimum atomic E-state index is -0.905. The first-order valence-electron chi connectivity index (χ1n) is 7.23. The molecular weight excluding hydrogens is 366 g/mol. The van der Waals surface area contributed by atoms with E-state index in [2.05, 4.69) is 19.9 Å². The summed E-state index contributed by atoms with van der Waals surface area (Å²) in [5.74, 6) is -0.596. The van der Waals surface area contributed by atoms with Gasteiger partial charge >= 0.3 is 17.1 Å². The lowest BCUT2D eigenvalue weighted by Gasteiger charge is -2.03. The number of rotatable bonds is 5. The molecule has 2 heterocycles. The van der Waals surface area contributed by atoms with Crippen LogP contribution < -0.4 is 11.1 Å². The second-order valence-electron chi connectivity index (χ2n) is 4.96. The summed E-state index contributed by atoms with van der Waals surface area (Å²) >= 11 is 0.894. The number of fused-ring (bicyclic) bond motifs is 1. The number of benzene rings is 1. The van der Waals surface area contributed by atoms with Gasteiger partial charge in [0, 0.05) is 6.07 Å². The fourth-order valence-corrected chi connectivity index (χ4v) is 3.02. The van der Waals surface area contributed by atoms with Gasteiger partial charge in [-0.2, -0.15) is 0 Å². The summed E-state index contributed by atoms with van der Waals surface area (Å²) in [4.78, 5) is 56.7. The maximum absolute atomic E-state index is 11.6. The fourth-order valence-electron chi connectivity index (χ4n) is 2.13. The van der Waals surface area contributed by atoms with Crippen LogP contribution >= 0.6 is 11.8 Å². The van der Waals surface area contributed by atoms with Gasteiger partial charge in [0.05, 0.1) is 33.7 Å². The van der Waals surface area contributed by atoms with Crippen LogP contribution in [0.5, 0.6) is 0 Å². The molecule has 1 aromatic carbocycles. The standard InChI is InChI=1S/C14H11N5O6S/c1-2-25-13(22)8-5-15-14(18-8)26-10-4-7-6(3-9(10)19(23)24)16-11(20)12(21)17-7/h3-5H,2H2,1H3,(H,15,18)(H,16,20)(H,17,21). The second-order valence-corrected chi connectivity index (χ2v) is 5.99. The third-order valence-corrected chi connectivity index (χ3v) is 4.20. The maximum Gasteiger partial charge on any atom is 0.356 e. The predicted molar refractivity (Wildman–Crippen MR) is 90.5 cm³/mol. The quantitative estimate of drug-likeness (QED) is 0.258. The lowest BCUT2D eigenvalue weighted by Crippen LogP contribution is -2.28. The monoisotopic (exact) mass is 377 g/mol. The summed E-state index contributed by atoms with van der Waals surface area (Å²) in [5.41, 5.74) is -1.62. The molecule has 134 valence electrons. The molecule has 0 saturated carbocycles. The lowest BCUT2D eigenvalue weighted by atomic mass is 10.2. The van der Waals surface area contributed by atoms with E-state index in [0.29, 0.717) is 0 Å². The van der Waals surface area contributed by atoms with Crippen LogP contribution in [0.4, 0.5) is 5.69 Å². The molecule has 0 aliphatic carbocycles. The highest BCUT2D eigenvalue weighted by molar-refractivity contribution is 7.99. The topological polar surface area (TPSA) is 164 Å². The molecule has 0 saturated heterocycles. The van der Waals surface area contributed by atoms with Crippen LogP contribution in [0.2, 0.25) is 0 Å². The lowest BCUT2D eigenvalue weighted by molar-refractivity contribution is -0.387. The number of imidazole rings is 1. The van der Waals surface area contributed by atoms with E-state index < -0.39 is 22.0 Å². The molecule has 0 amide bonds. The van der Waals surface area contributed by atoms with Gasteiger partial charge in [-0.05, 0) is 24.8 Å². The van der Waals surface area contributed by atoms with Crippen molar-refractivity contribution in [3.63, 3.8) is 0 Å². The van der Waals surface area contributed by atoms with Crippen LogP contribution in [0.1, 0.15) is 17.4 Å². The number of nitro benzene ring substituents is 1. The summed E-state index contributed by atoms with van der Waals surface area (Å²) in [6.45, 7) is 1.86. The van der Waals surface area contributed by atoms with Crippen LogP contribution in [-0.2, 0) is 4.74 Å². The molecule has 0 unspecified atom stereocenters. The first-order chi connectivity index (χ1) is 12.4. The van der Waals surface area contributed by atoms with Crippen LogP contribution in [0.15, 0.2) is 38.0 Å². The van der Waals surface area contributed by atoms with Crippen molar-refractivity contribution in [3.8, 4) is 0 Å². The number of carbonyl (C=O) groups is 1. The molecule has 3 aromatic rings. The zero-order chi connectivity index (χ0) is 18.8. The van der Waals surface area contributed by atoms with Crippen molar-refractivity contribution in [2.24, 2.45) is 0 Å². The van der Waals surface area contributed by atoms with Gasteiger partial charge < -0.3 is 19.7 Å². The van der Waals surface area contributed by atoms with Crippen molar-refractivity contribution in [1.82, 2.24) is 19.9 Å². The van der Waals surface area contributed by atoms with Crippen molar-refractivity contribution < 1.29 is 14.5 Å². The number of aromatic amines is 3. The molecule has 0 fully saturated rings. The fraction of sp³-hybridized carbons (Fsp3) is 0.143. The largest absolute Gasteiger partial charge is 0.461 e. The van der Waals surface area contributed by atoms with E-state index in [1.807, 2.05) is 0 Å². The molecule has 0 aliphatic rings. The van der Waals surface area contributed by atoms with Crippen molar-refractivity contribution in [2.45, 2.75) is 17.0 Å². The molecule has 26 heavy (non-hydrogen) atoms. The van der Waals surface area contributed by atoms with Gasteiger partial charge in [0.25, 0.3) is 5.69 Å². The molecular formula is C14H11N5O6S. The molecule has 3 rings (SSSR count). The molecule has 0 radical (unpaired) electrons. The Morgan fingerprint density at radius 1 is 1.23 bits per heavy atom. The zero-order valence-electron chi connectivity index (χ0n) is 13.2. The van der Waals surface area contributed by atoms with E-state index in [9.17, 15) is 24.5 Å². The third kappa shape index (κ3) is 3.35. The Hall–Kier alpha value is -3.41. The van der Waals surface area contributed by atoms with Gasteiger partial charge in [-0.1, -0.05) is 0 Å². The van der Waals surface area contributed by atoms with Gasteiger partial charge in [-0.3, -0.25) is 19.7 Å². The third-order valence-electron chi connectivity index (χ3n) is 3.25. The first-order valence-corrected chi connectivity index (χ1v) is 8.05. The van der Waals surface area contributed by atoms with E-state index in [1.54, 1.807) is 6.92 Å². The van der Waals surface area contributed by atoms with E-state index in [0.717, 1.165) is 17.8 Å². The number of ether oxygens (including phenoxy) is 1. The van der Waals surface area contributed by atoms with E-state index in [-0.39, 0.29) is 39.1 Å². The number of hydrogen-bond donors (Lipinski definition) is 3. The number of H-pyrrole nitrogens is 3. The highest BCUT2D eigenvalue weighted by Gasteiger charge is 2.20. The van der Waals surface area contributed by atoms with Gasteiger partial charge in [-0.25, -0.2) is 9.78 Å². The van der Waals surface area contributed by atoms with E-state index in [1.165, 1.54) is 12.3 Å². The summed E-state index contributed by atoms with van der Waals surface area (Å²) < 4.78 is 4.83. The number of carbonyl (C=O) groups excluding carboxylic acids is 1. The average Bonchev–Trinajstić information content (AvgIpc) is 3.04. The summed E-state index contributed by atoms with van der Waals surface area (Å²) in [6.07, 6.45) is 1.26. The molecule has 12 heteroatoms. The highest BCUT2D eigenvalue weighted by Crippen LogP contribution is 2.35. The molecule has 3 N–H and O–H groups in total. The Morgan fingerprint density at radius 3 is 2.50 bits per heavy atom. The van der Waals surface area contributed by atoms with E-state index >= 15 is 0 Å². The Balaban J connectivity index is 2.03. The van der Waals surface area contributed by atoms with Gasteiger partial charge in [0.2, 0.25) is 0 Å². The minimum Gasteiger partial charge on any atom is -0.461 e. The van der Waals surface area contributed by atoms with Crippen molar-refractivity contribution in [2.75, 3.05) is 6.61 Å². The number of nitrogens with one attached hydrogen (secondary N) is 3. The molecule has 0 aliphatic heterocycles. The first kappa shape index (κ1) is 17.4. The normalized spacial score (nSPS) is 10.8. The van der Waals surface area contributed by atoms with Crippen molar-refractivity contribution >= 4 is 34.5 Å². The molecule has 2 aromatic heterocycles. The number of nitrogens with zero attached hydrogens (tertiary/aromatic N) is 2. The van der Waals surface area contributed by atoms with Gasteiger partial charge in [0.1, 0.15) is 5.69 Å². The number of hydrogen-bond acceptors (Lipinski definition) is 8. The van der Waals surface area contributed by atoms with Crippen LogP contribution in [-0.4, -0.2) is 37.4 Å². The van der Waals surface area contributed by atoms with E-state index in [4.69, 9.17) is 4.74 Å². The number of esters is 1. The molecule has 11 nitrogen and oxygen atoms in total. The van der Waals surface area contributed by atoms with Gasteiger partial charge in [-0.15, -0.1) is 0 Å². The smallest absolute Gasteiger partial charge is 0.356 e. The summed E-state index contributed by atoms with van der Waals surface area (Å²) in [6, 6.07) is 2.49. The molecule has 0 atom stereocenters. The SMILES string of the molecule is CCOC(=O)c1cnc(Sc2cc3[nH]c(=O)c(=O)[nH]c3cc2[N+](=O)[O-])[nH]1. The predicted octanol–water partition coefficient (Wildman–Crippen LogP) is 1.18. The Kier molecular flexibility index (Phi) is 4.58. The molecule has 0 bridgehead atoms.